The van der Waals surface area contributed by atoms with E-state index in [1.165, 1.54) is 16.3 Å². The number of hydrogen-bond donors (Lipinski definition) is 1. The number of nitrogens with zero attached hydrogens (tertiary/aromatic N) is 1. The summed E-state index contributed by atoms with van der Waals surface area (Å²) in [6, 6.07) is 12.9. The van der Waals surface area contributed by atoms with Crippen molar-refractivity contribution in [1.29, 1.82) is 0 Å². The van der Waals surface area contributed by atoms with Crippen LogP contribution < -0.4 is 10.5 Å². The molecule has 0 bridgehead atoms. The predicted octanol–water partition coefficient (Wildman–Crippen LogP) is 3.05. The van der Waals surface area contributed by atoms with Crippen molar-refractivity contribution in [3.63, 3.8) is 0 Å². The number of ether oxygens (including phenoxy) is 1. The zero-order chi connectivity index (χ0) is 13.8. The summed E-state index contributed by atoms with van der Waals surface area (Å²) in [5, 5.41) is 2.45. The molecule has 0 aliphatic rings. The van der Waals surface area contributed by atoms with Gasteiger partial charge in [-0.1, -0.05) is 18.2 Å². The fourth-order valence-corrected chi connectivity index (χ4v) is 2.37. The van der Waals surface area contributed by atoms with Gasteiger partial charge in [0.15, 0.2) is 0 Å². The first kappa shape index (κ1) is 16.8. The van der Waals surface area contributed by atoms with Crippen molar-refractivity contribution in [2.45, 2.75) is 19.5 Å². The van der Waals surface area contributed by atoms with Crippen molar-refractivity contribution in [2.75, 3.05) is 20.7 Å². The van der Waals surface area contributed by atoms with E-state index in [2.05, 4.69) is 42.3 Å². The van der Waals surface area contributed by atoms with Crippen LogP contribution in [-0.4, -0.2) is 31.6 Å². The molecular weight excluding hydrogens is 272 g/mol. The lowest BCUT2D eigenvalue weighted by Crippen LogP contribution is -2.32. The summed E-state index contributed by atoms with van der Waals surface area (Å²) in [6.45, 7) is 3.85. The first-order valence-electron chi connectivity index (χ1n) is 6.59. The van der Waals surface area contributed by atoms with E-state index in [4.69, 9.17) is 10.5 Å². The Bertz CT molecular complexity index is 557. The van der Waals surface area contributed by atoms with Crippen LogP contribution >= 0.6 is 12.4 Å². The average Bonchev–Trinajstić information content (AvgIpc) is 2.37. The molecule has 0 saturated carbocycles. The van der Waals surface area contributed by atoms with Crippen LogP contribution in [0.5, 0.6) is 5.75 Å². The summed E-state index contributed by atoms with van der Waals surface area (Å²) in [5.41, 5.74) is 7.12. The van der Waals surface area contributed by atoms with Crippen LogP contribution in [0.15, 0.2) is 36.4 Å². The number of rotatable bonds is 5. The lowest BCUT2D eigenvalue weighted by Gasteiger charge is -2.19. The van der Waals surface area contributed by atoms with E-state index in [9.17, 15) is 0 Å². The van der Waals surface area contributed by atoms with Crippen LogP contribution in [0.4, 0.5) is 0 Å². The van der Waals surface area contributed by atoms with E-state index in [0.29, 0.717) is 0 Å². The Balaban J connectivity index is 0.00000200. The number of halogens is 1. The minimum Gasteiger partial charge on any atom is -0.497 e. The highest BCUT2D eigenvalue weighted by molar-refractivity contribution is 5.85. The Morgan fingerprint density at radius 3 is 2.45 bits per heavy atom. The van der Waals surface area contributed by atoms with Crippen LogP contribution in [0.2, 0.25) is 0 Å². The molecule has 2 aromatic carbocycles. The number of likely N-dealkylation sites (N-methyl/N-ethyl adjacent to an activating group) is 1. The van der Waals surface area contributed by atoms with E-state index < -0.39 is 0 Å². The molecule has 4 heteroatoms. The quantitative estimate of drug-likeness (QED) is 0.921. The average molecular weight is 295 g/mol. The largest absolute Gasteiger partial charge is 0.497 e. The van der Waals surface area contributed by atoms with Gasteiger partial charge in [0.2, 0.25) is 0 Å². The van der Waals surface area contributed by atoms with E-state index >= 15 is 0 Å². The van der Waals surface area contributed by atoms with Crippen molar-refractivity contribution >= 4 is 23.2 Å². The summed E-state index contributed by atoms with van der Waals surface area (Å²) in [4.78, 5) is 2.25. The van der Waals surface area contributed by atoms with Gasteiger partial charge in [0.25, 0.3) is 0 Å². The molecule has 20 heavy (non-hydrogen) atoms. The Morgan fingerprint density at radius 2 is 1.80 bits per heavy atom. The molecule has 0 fully saturated rings. The highest BCUT2D eigenvalue weighted by Crippen LogP contribution is 2.22. The Morgan fingerprint density at radius 1 is 1.15 bits per heavy atom. The number of benzene rings is 2. The molecule has 0 amide bonds. The summed E-state index contributed by atoms with van der Waals surface area (Å²) in [6.07, 6.45) is 0. The number of nitrogens with two attached hydrogens (primary N) is 1. The highest BCUT2D eigenvalue weighted by Gasteiger charge is 2.04. The van der Waals surface area contributed by atoms with Gasteiger partial charge in [-0.2, -0.15) is 0 Å². The number of fused-ring (bicyclic) bond motifs is 1. The molecule has 0 heterocycles. The van der Waals surface area contributed by atoms with Crippen LogP contribution in [-0.2, 0) is 6.54 Å². The van der Waals surface area contributed by atoms with Crippen molar-refractivity contribution in [2.24, 2.45) is 5.73 Å². The summed E-state index contributed by atoms with van der Waals surface area (Å²) in [5.74, 6) is 0.898. The van der Waals surface area contributed by atoms with Gasteiger partial charge in [-0.05, 0) is 48.5 Å². The van der Waals surface area contributed by atoms with Gasteiger partial charge in [-0.25, -0.2) is 0 Å². The smallest absolute Gasteiger partial charge is 0.119 e. The minimum atomic E-state index is 0. The van der Waals surface area contributed by atoms with Crippen LogP contribution in [0, 0.1) is 0 Å². The maximum absolute atomic E-state index is 5.81. The molecule has 2 aromatic rings. The van der Waals surface area contributed by atoms with E-state index in [0.717, 1.165) is 18.8 Å². The molecule has 2 N–H and O–H groups in total. The van der Waals surface area contributed by atoms with Crippen molar-refractivity contribution in [1.82, 2.24) is 4.90 Å². The molecule has 0 aliphatic heterocycles. The molecule has 2 rings (SSSR count). The zero-order valence-corrected chi connectivity index (χ0v) is 13.1. The third-order valence-electron chi connectivity index (χ3n) is 3.16. The number of methoxy groups -OCH3 is 1. The normalized spacial score (nSPS) is 12.2. The van der Waals surface area contributed by atoms with Crippen LogP contribution in [0.25, 0.3) is 10.8 Å². The third-order valence-corrected chi connectivity index (χ3v) is 3.16. The second-order valence-electron chi connectivity index (χ2n) is 5.22. The van der Waals surface area contributed by atoms with Gasteiger partial charge in [0.1, 0.15) is 5.75 Å². The molecule has 0 radical (unpaired) electrons. The topological polar surface area (TPSA) is 38.5 Å². The van der Waals surface area contributed by atoms with Crippen molar-refractivity contribution < 1.29 is 4.74 Å². The van der Waals surface area contributed by atoms with Gasteiger partial charge in [-0.3, -0.25) is 0 Å². The molecule has 110 valence electrons. The first-order chi connectivity index (χ1) is 9.08. The molecule has 0 saturated heterocycles. The van der Waals surface area contributed by atoms with Crippen molar-refractivity contribution in [3.05, 3.63) is 42.0 Å². The fraction of sp³-hybridized carbons (Fsp3) is 0.375. The number of hydrogen-bond acceptors (Lipinski definition) is 3. The Labute approximate surface area is 127 Å². The second-order valence-corrected chi connectivity index (χ2v) is 5.22. The minimum absolute atomic E-state index is 0. The SMILES string of the molecule is COc1ccc2cc(CN(C)CC(C)N)ccc2c1.Cl. The van der Waals surface area contributed by atoms with Gasteiger partial charge in [-0.15, -0.1) is 12.4 Å². The van der Waals surface area contributed by atoms with Crippen LogP contribution in [0.3, 0.4) is 0 Å². The zero-order valence-electron chi connectivity index (χ0n) is 12.3. The van der Waals surface area contributed by atoms with Gasteiger partial charge >= 0.3 is 0 Å². The molecule has 3 nitrogen and oxygen atoms in total. The molecule has 0 aromatic heterocycles. The molecular formula is C16H23ClN2O. The fourth-order valence-electron chi connectivity index (χ4n) is 2.37. The van der Waals surface area contributed by atoms with E-state index in [1.807, 2.05) is 13.0 Å². The molecule has 1 atom stereocenters. The van der Waals surface area contributed by atoms with Crippen molar-refractivity contribution in [3.8, 4) is 5.75 Å². The standard InChI is InChI=1S/C16H22N2O.ClH/c1-12(17)10-18(2)11-13-4-5-15-9-16(19-3)7-6-14(15)8-13;/h4-9,12H,10-11,17H2,1-3H3;1H. The third kappa shape index (κ3) is 4.37. The van der Waals surface area contributed by atoms with Gasteiger partial charge in [0, 0.05) is 19.1 Å². The predicted molar refractivity (Wildman–Crippen MR) is 87.7 cm³/mol. The molecule has 1 unspecified atom stereocenters. The molecule has 0 spiro atoms. The second kappa shape index (κ2) is 7.48. The lowest BCUT2D eigenvalue weighted by molar-refractivity contribution is 0.310. The monoisotopic (exact) mass is 294 g/mol. The van der Waals surface area contributed by atoms with Gasteiger partial charge < -0.3 is 15.4 Å². The Hall–Kier alpha value is -1.29. The Kier molecular flexibility index (Phi) is 6.27. The summed E-state index contributed by atoms with van der Waals surface area (Å²) in [7, 11) is 3.79. The van der Waals surface area contributed by atoms with Gasteiger partial charge in [0.05, 0.1) is 7.11 Å². The summed E-state index contributed by atoms with van der Waals surface area (Å²) >= 11 is 0. The first-order valence-corrected chi connectivity index (χ1v) is 6.59. The van der Waals surface area contributed by atoms with E-state index in [-0.39, 0.29) is 18.4 Å². The maximum atomic E-state index is 5.81. The lowest BCUT2D eigenvalue weighted by atomic mass is 10.1. The van der Waals surface area contributed by atoms with Crippen LogP contribution in [0.1, 0.15) is 12.5 Å². The maximum Gasteiger partial charge on any atom is 0.119 e. The highest BCUT2D eigenvalue weighted by atomic mass is 35.5. The van der Waals surface area contributed by atoms with E-state index in [1.54, 1.807) is 7.11 Å². The molecule has 0 aliphatic carbocycles. The summed E-state index contributed by atoms with van der Waals surface area (Å²) < 4.78 is 5.24.